The topological polar surface area (TPSA) is 68.6 Å². The molecule has 32 heavy (non-hydrogen) atoms. The lowest BCUT2D eigenvalue weighted by molar-refractivity contribution is 0.0587. The van der Waals surface area contributed by atoms with Gasteiger partial charge in [-0.1, -0.05) is 18.2 Å². The first-order valence-corrected chi connectivity index (χ1v) is 11.0. The Morgan fingerprint density at radius 2 is 1.81 bits per heavy atom. The number of carbonyl (C=O) groups is 3. The van der Waals surface area contributed by atoms with Crippen LogP contribution in [0.4, 0.5) is 4.39 Å². The minimum absolute atomic E-state index is 0.152. The van der Waals surface area contributed by atoms with Crippen molar-refractivity contribution >= 4 is 29.0 Å². The molecule has 0 atom stereocenters. The molecule has 0 unspecified atom stereocenters. The van der Waals surface area contributed by atoms with Gasteiger partial charge in [0.1, 0.15) is 11.5 Å². The Bertz CT molecular complexity index is 1130. The maximum Gasteiger partial charge on any atom is 0.354 e. The summed E-state index contributed by atoms with van der Waals surface area (Å²) >= 11 is 1.29. The molecule has 168 valence electrons. The quantitative estimate of drug-likeness (QED) is 0.366. The van der Waals surface area contributed by atoms with Gasteiger partial charge in [-0.2, -0.15) is 0 Å². The molecule has 8 heteroatoms. The molecule has 3 rings (SSSR count). The van der Waals surface area contributed by atoms with Crippen LogP contribution in [0.1, 0.15) is 54.3 Å². The molecule has 0 bridgehead atoms. The van der Waals surface area contributed by atoms with Gasteiger partial charge in [-0.15, -0.1) is 11.3 Å². The van der Waals surface area contributed by atoms with E-state index in [2.05, 4.69) is 0 Å². The highest BCUT2D eigenvalue weighted by Crippen LogP contribution is 2.25. The minimum atomic E-state index is -0.510. The number of hydrogen-bond acceptors (Lipinski definition) is 5. The lowest BCUT2D eigenvalue weighted by atomic mass is 10.0. The standard InChI is InChI=1S/C24H25FN2O4S/c1-5-27-16(3)21(15(2)22(27)24(30)31-4)19(28)14-26(23(29)20-7-6-12-32-20)13-17-8-10-18(25)11-9-17/h6-12H,5,13-14H2,1-4H3. The number of rotatable bonds is 8. The van der Waals surface area contributed by atoms with Crippen molar-refractivity contribution in [2.24, 2.45) is 0 Å². The number of ketones is 1. The Morgan fingerprint density at radius 1 is 1.12 bits per heavy atom. The van der Waals surface area contributed by atoms with Crippen molar-refractivity contribution in [1.82, 2.24) is 9.47 Å². The molecule has 0 aliphatic carbocycles. The van der Waals surface area contributed by atoms with Crippen LogP contribution < -0.4 is 0 Å². The monoisotopic (exact) mass is 456 g/mol. The van der Waals surface area contributed by atoms with Crippen LogP contribution in [0.5, 0.6) is 0 Å². The molecule has 2 aromatic heterocycles. The van der Waals surface area contributed by atoms with Crippen LogP contribution in [-0.2, 0) is 17.8 Å². The van der Waals surface area contributed by atoms with E-state index in [9.17, 15) is 18.8 Å². The third kappa shape index (κ3) is 4.65. The Labute approximate surface area is 190 Å². The summed E-state index contributed by atoms with van der Waals surface area (Å²) in [4.78, 5) is 40.8. The maximum absolute atomic E-state index is 13.4. The second-order valence-corrected chi connectivity index (χ2v) is 8.31. The molecule has 0 aliphatic heterocycles. The van der Waals surface area contributed by atoms with Crippen LogP contribution in [-0.4, -0.2) is 40.8 Å². The summed E-state index contributed by atoms with van der Waals surface area (Å²) in [5.74, 6) is -1.44. The molecule has 0 fully saturated rings. The largest absolute Gasteiger partial charge is 0.464 e. The van der Waals surface area contributed by atoms with Gasteiger partial charge in [0.25, 0.3) is 5.91 Å². The molecule has 3 aromatic rings. The molecule has 0 spiro atoms. The Hall–Kier alpha value is -3.26. The predicted octanol–water partition coefficient (Wildman–Crippen LogP) is 4.64. The van der Waals surface area contributed by atoms with Crippen LogP contribution in [0.15, 0.2) is 41.8 Å². The number of halogens is 1. The average molecular weight is 457 g/mol. The zero-order chi connectivity index (χ0) is 23.4. The van der Waals surface area contributed by atoms with Crippen LogP contribution in [0.3, 0.4) is 0 Å². The SMILES string of the molecule is CCn1c(C)c(C(=O)CN(Cc2ccc(F)cc2)C(=O)c2cccs2)c(C)c1C(=O)OC. The van der Waals surface area contributed by atoms with Gasteiger partial charge < -0.3 is 14.2 Å². The normalized spacial score (nSPS) is 10.8. The lowest BCUT2D eigenvalue weighted by Crippen LogP contribution is -2.35. The number of thiophene rings is 1. The first-order valence-electron chi connectivity index (χ1n) is 10.2. The summed E-state index contributed by atoms with van der Waals surface area (Å²) in [6, 6.07) is 9.30. The molecule has 0 N–H and O–H groups in total. The Balaban J connectivity index is 1.96. The van der Waals surface area contributed by atoms with E-state index >= 15 is 0 Å². The van der Waals surface area contributed by atoms with Crippen molar-refractivity contribution in [2.45, 2.75) is 33.9 Å². The first kappa shape index (κ1) is 23.4. The van der Waals surface area contributed by atoms with E-state index in [0.29, 0.717) is 39.5 Å². The summed E-state index contributed by atoms with van der Waals surface area (Å²) in [7, 11) is 1.30. The van der Waals surface area contributed by atoms with Crippen LogP contribution in [0.2, 0.25) is 0 Å². The second kappa shape index (κ2) is 9.91. The highest BCUT2D eigenvalue weighted by Gasteiger charge is 2.28. The van der Waals surface area contributed by atoms with E-state index in [0.717, 1.165) is 0 Å². The van der Waals surface area contributed by atoms with Crippen molar-refractivity contribution in [1.29, 1.82) is 0 Å². The number of hydrogen-bond donors (Lipinski definition) is 0. The van der Waals surface area contributed by atoms with Crippen molar-refractivity contribution in [3.05, 3.63) is 80.6 Å². The van der Waals surface area contributed by atoms with Crippen molar-refractivity contribution in [2.75, 3.05) is 13.7 Å². The van der Waals surface area contributed by atoms with Crippen molar-refractivity contribution in [3.8, 4) is 0 Å². The summed E-state index contributed by atoms with van der Waals surface area (Å²) in [6.07, 6.45) is 0. The van der Waals surface area contributed by atoms with Gasteiger partial charge in [0.05, 0.1) is 18.5 Å². The molecule has 6 nitrogen and oxygen atoms in total. The molecule has 0 saturated carbocycles. The van der Waals surface area contributed by atoms with Crippen LogP contribution >= 0.6 is 11.3 Å². The number of Topliss-reactive ketones (excluding diaryl/α,β-unsaturated/α-hetero) is 1. The zero-order valence-electron chi connectivity index (χ0n) is 18.5. The van der Waals surface area contributed by atoms with E-state index in [-0.39, 0.29) is 30.6 Å². The van der Waals surface area contributed by atoms with Crippen molar-refractivity contribution in [3.63, 3.8) is 0 Å². The Kier molecular flexibility index (Phi) is 7.25. The van der Waals surface area contributed by atoms with Gasteiger partial charge in [-0.25, -0.2) is 9.18 Å². The number of benzene rings is 1. The fourth-order valence-corrected chi connectivity index (χ4v) is 4.57. The number of ether oxygens (including phenoxy) is 1. The van der Waals surface area contributed by atoms with Crippen LogP contribution in [0.25, 0.3) is 0 Å². The van der Waals surface area contributed by atoms with Gasteiger partial charge in [0.2, 0.25) is 0 Å². The van der Waals surface area contributed by atoms with Crippen LogP contribution in [0, 0.1) is 19.7 Å². The number of amides is 1. The van der Waals surface area contributed by atoms with Gasteiger partial charge in [-0.05, 0) is 55.5 Å². The highest BCUT2D eigenvalue weighted by atomic mass is 32.1. The van der Waals surface area contributed by atoms with E-state index in [1.54, 1.807) is 48.1 Å². The van der Waals surface area contributed by atoms with Gasteiger partial charge in [-0.3, -0.25) is 9.59 Å². The molecule has 0 saturated heterocycles. The van der Waals surface area contributed by atoms with E-state index in [1.807, 2.05) is 6.92 Å². The molecule has 1 amide bonds. The lowest BCUT2D eigenvalue weighted by Gasteiger charge is -2.22. The minimum Gasteiger partial charge on any atom is -0.464 e. The smallest absolute Gasteiger partial charge is 0.354 e. The number of carbonyl (C=O) groups excluding carboxylic acids is 3. The number of esters is 1. The van der Waals surface area contributed by atoms with Gasteiger partial charge >= 0.3 is 5.97 Å². The summed E-state index contributed by atoms with van der Waals surface area (Å²) in [5.41, 5.74) is 2.65. The molecule has 1 aromatic carbocycles. The fraction of sp³-hybridized carbons (Fsp3) is 0.292. The second-order valence-electron chi connectivity index (χ2n) is 7.36. The Morgan fingerprint density at radius 3 is 2.38 bits per heavy atom. The molecule has 0 aliphatic rings. The third-order valence-corrected chi connectivity index (χ3v) is 6.24. The van der Waals surface area contributed by atoms with E-state index in [1.165, 1.54) is 35.5 Å². The number of methoxy groups -OCH3 is 1. The first-order chi connectivity index (χ1) is 15.3. The fourth-order valence-electron chi connectivity index (χ4n) is 3.88. The number of nitrogens with zero attached hydrogens (tertiary/aromatic N) is 2. The highest BCUT2D eigenvalue weighted by molar-refractivity contribution is 7.12. The zero-order valence-corrected chi connectivity index (χ0v) is 19.3. The summed E-state index contributed by atoms with van der Waals surface area (Å²) in [5, 5.41) is 1.80. The third-order valence-electron chi connectivity index (χ3n) is 5.38. The number of aromatic nitrogens is 1. The van der Waals surface area contributed by atoms with E-state index in [4.69, 9.17) is 4.74 Å². The summed E-state index contributed by atoms with van der Waals surface area (Å²) in [6.45, 7) is 5.85. The molecular weight excluding hydrogens is 431 g/mol. The molecule has 2 heterocycles. The van der Waals surface area contributed by atoms with E-state index < -0.39 is 5.97 Å². The maximum atomic E-state index is 13.4. The molecular formula is C24H25FN2O4S. The molecule has 0 radical (unpaired) electrons. The van der Waals surface area contributed by atoms with Crippen molar-refractivity contribution < 1.29 is 23.5 Å². The van der Waals surface area contributed by atoms with Gasteiger partial charge in [0, 0.05) is 24.3 Å². The van der Waals surface area contributed by atoms with Gasteiger partial charge in [0.15, 0.2) is 5.78 Å². The summed E-state index contributed by atoms with van der Waals surface area (Å²) < 4.78 is 20.0. The average Bonchev–Trinajstić information content (AvgIpc) is 3.40. The predicted molar refractivity (Wildman–Crippen MR) is 121 cm³/mol.